The summed E-state index contributed by atoms with van der Waals surface area (Å²) in [5, 5.41) is 25.0. The summed E-state index contributed by atoms with van der Waals surface area (Å²) in [6.07, 6.45) is -0.643. The monoisotopic (exact) mass is 223 g/mol. The molecule has 1 aromatic heterocycles. The van der Waals surface area contributed by atoms with E-state index in [0.717, 1.165) is 0 Å². The van der Waals surface area contributed by atoms with Crippen molar-refractivity contribution in [1.82, 2.24) is 10.2 Å². The summed E-state index contributed by atoms with van der Waals surface area (Å²) in [5.74, 6) is -1.16. The van der Waals surface area contributed by atoms with Crippen LogP contribution in [-0.2, 0) is 4.79 Å². The summed E-state index contributed by atoms with van der Waals surface area (Å²) in [5.41, 5.74) is -0.184. The highest BCUT2D eigenvalue weighted by Crippen LogP contribution is 2.18. The average molecular weight is 223 g/mol. The minimum Gasteiger partial charge on any atom is -0.476 e. The summed E-state index contributed by atoms with van der Waals surface area (Å²) in [7, 11) is 0. The van der Waals surface area contributed by atoms with Crippen LogP contribution in [-0.4, -0.2) is 44.9 Å². The molecule has 0 bridgehead atoms. The van der Waals surface area contributed by atoms with Crippen molar-refractivity contribution in [3.05, 3.63) is 17.8 Å². The van der Waals surface area contributed by atoms with E-state index in [0.29, 0.717) is 0 Å². The lowest BCUT2D eigenvalue weighted by atomic mass is 10.3. The number of aromatic carboxylic acids is 1. The first-order chi connectivity index (χ1) is 7.58. The van der Waals surface area contributed by atoms with Crippen LogP contribution in [0.25, 0.3) is 0 Å². The molecule has 0 aliphatic carbocycles. The van der Waals surface area contributed by atoms with E-state index in [2.05, 4.69) is 10.2 Å². The van der Waals surface area contributed by atoms with Crippen LogP contribution in [0.3, 0.4) is 0 Å². The number of carbonyl (C=O) groups excluding carboxylic acids is 1. The fraction of sp³-hybridized carbons (Fsp3) is 0.333. The molecule has 7 nitrogen and oxygen atoms in total. The smallest absolute Gasteiger partial charge is 0.356 e. The van der Waals surface area contributed by atoms with Gasteiger partial charge in [0.2, 0.25) is 5.91 Å². The minimum absolute atomic E-state index is 0.0579. The molecule has 2 heterocycles. The van der Waals surface area contributed by atoms with E-state index in [1.54, 1.807) is 0 Å². The summed E-state index contributed by atoms with van der Waals surface area (Å²) in [6.45, 7) is 0.167. The van der Waals surface area contributed by atoms with Crippen molar-refractivity contribution in [3.63, 3.8) is 0 Å². The van der Waals surface area contributed by atoms with Gasteiger partial charge in [-0.2, -0.15) is 0 Å². The molecule has 1 atom stereocenters. The zero-order chi connectivity index (χ0) is 11.7. The molecular weight excluding hydrogens is 214 g/mol. The first kappa shape index (κ1) is 10.5. The van der Waals surface area contributed by atoms with Crippen LogP contribution in [0.15, 0.2) is 12.1 Å². The van der Waals surface area contributed by atoms with Crippen molar-refractivity contribution >= 4 is 17.7 Å². The van der Waals surface area contributed by atoms with Crippen LogP contribution in [0.1, 0.15) is 16.9 Å². The molecule has 7 heteroatoms. The number of β-amino-alcohol motifs (C(OH)–C–C–N with tert-alkyl or cyclic N) is 1. The van der Waals surface area contributed by atoms with Crippen molar-refractivity contribution < 1.29 is 19.8 Å². The number of amides is 1. The molecular formula is C9H9N3O4. The number of carbonyl (C=O) groups is 2. The van der Waals surface area contributed by atoms with Gasteiger partial charge in [0.15, 0.2) is 11.5 Å². The van der Waals surface area contributed by atoms with Gasteiger partial charge in [-0.25, -0.2) is 4.79 Å². The van der Waals surface area contributed by atoms with E-state index in [1.165, 1.54) is 17.0 Å². The van der Waals surface area contributed by atoms with Gasteiger partial charge in [0.05, 0.1) is 19.1 Å². The lowest BCUT2D eigenvalue weighted by Crippen LogP contribution is -2.26. The van der Waals surface area contributed by atoms with E-state index in [1.807, 2.05) is 0 Å². The third-order valence-electron chi connectivity index (χ3n) is 2.25. The largest absolute Gasteiger partial charge is 0.476 e. The Bertz CT molecular complexity index is 431. The van der Waals surface area contributed by atoms with Gasteiger partial charge in [-0.05, 0) is 12.1 Å². The first-order valence-electron chi connectivity index (χ1n) is 4.63. The molecule has 0 radical (unpaired) electrons. The van der Waals surface area contributed by atoms with Crippen LogP contribution in [0.5, 0.6) is 0 Å². The van der Waals surface area contributed by atoms with Crippen molar-refractivity contribution in [1.29, 1.82) is 0 Å². The molecule has 2 rings (SSSR count). The molecule has 1 aliphatic rings. The molecule has 0 aromatic carbocycles. The molecule has 0 saturated carbocycles. The number of nitrogens with zero attached hydrogens (tertiary/aromatic N) is 3. The number of hydrogen-bond acceptors (Lipinski definition) is 5. The summed E-state index contributed by atoms with van der Waals surface area (Å²) in [4.78, 5) is 23.2. The molecule has 0 spiro atoms. The highest BCUT2D eigenvalue weighted by atomic mass is 16.4. The van der Waals surface area contributed by atoms with Gasteiger partial charge in [-0.3, -0.25) is 9.69 Å². The van der Waals surface area contributed by atoms with E-state index >= 15 is 0 Å². The minimum atomic E-state index is -1.17. The van der Waals surface area contributed by atoms with Crippen LogP contribution in [0.4, 0.5) is 5.82 Å². The maximum absolute atomic E-state index is 11.4. The third-order valence-corrected chi connectivity index (χ3v) is 2.25. The summed E-state index contributed by atoms with van der Waals surface area (Å²) in [6, 6.07) is 2.66. The fourth-order valence-corrected chi connectivity index (χ4v) is 1.49. The van der Waals surface area contributed by atoms with Gasteiger partial charge in [-0.1, -0.05) is 0 Å². The summed E-state index contributed by atoms with van der Waals surface area (Å²) >= 11 is 0. The molecule has 84 valence electrons. The Morgan fingerprint density at radius 3 is 2.62 bits per heavy atom. The van der Waals surface area contributed by atoms with Crippen LogP contribution in [0, 0.1) is 0 Å². The van der Waals surface area contributed by atoms with Gasteiger partial charge in [0.25, 0.3) is 0 Å². The van der Waals surface area contributed by atoms with Crippen molar-refractivity contribution in [3.8, 4) is 0 Å². The number of carboxylic acids is 1. The quantitative estimate of drug-likeness (QED) is 0.685. The SMILES string of the molecule is O=C(O)c1ccc(N2CC(O)CC2=O)nn1. The number of aliphatic hydroxyl groups is 1. The second-order valence-corrected chi connectivity index (χ2v) is 3.44. The lowest BCUT2D eigenvalue weighted by Gasteiger charge is -2.13. The number of rotatable bonds is 2. The summed E-state index contributed by atoms with van der Waals surface area (Å²) < 4.78 is 0. The zero-order valence-corrected chi connectivity index (χ0v) is 8.20. The standard InChI is InChI=1S/C9H9N3O4/c13-5-3-8(14)12(4-5)7-2-1-6(9(15)16)10-11-7/h1-2,5,13H,3-4H2,(H,15,16). The van der Waals surface area contributed by atoms with Crippen molar-refractivity contribution in [2.75, 3.05) is 11.4 Å². The van der Waals surface area contributed by atoms with Crippen molar-refractivity contribution in [2.45, 2.75) is 12.5 Å². The maximum Gasteiger partial charge on any atom is 0.356 e. The average Bonchev–Trinajstić information content (AvgIpc) is 2.58. The highest BCUT2D eigenvalue weighted by Gasteiger charge is 2.30. The Morgan fingerprint density at radius 2 is 2.19 bits per heavy atom. The fourth-order valence-electron chi connectivity index (χ4n) is 1.49. The Morgan fingerprint density at radius 1 is 1.44 bits per heavy atom. The molecule has 16 heavy (non-hydrogen) atoms. The topological polar surface area (TPSA) is 104 Å². The second-order valence-electron chi connectivity index (χ2n) is 3.44. The Kier molecular flexibility index (Phi) is 2.53. The van der Waals surface area contributed by atoms with E-state index in [4.69, 9.17) is 5.11 Å². The van der Waals surface area contributed by atoms with Gasteiger partial charge in [-0.15, -0.1) is 10.2 Å². The molecule has 1 aromatic rings. The number of aliphatic hydroxyl groups excluding tert-OH is 1. The highest BCUT2D eigenvalue weighted by molar-refractivity contribution is 5.95. The molecule has 1 saturated heterocycles. The first-order valence-corrected chi connectivity index (χ1v) is 4.63. The van der Waals surface area contributed by atoms with Gasteiger partial charge < -0.3 is 10.2 Å². The van der Waals surface area contributed by atoms with Crippen LogP contribution < -0.4 is 4.90 Å². The van der Waals surface area contributed by atoms with Gasteiger partial charge in [0, 0.05) is 0 Å². The predicted octanol–water partition coefficient (Wildman–Crippen LogP) is -0.728. The number of anilines is 1. The number of aromatic nitrogens is 2. The van der Waals surface area contributed by atoms with Crippen molar-refractivity contribution in [2.24, 2.45) is 0 Å². The molecule has 2 N–H and O–H groups in total. The normalized spacial score (nSPS) is 20.2. The van der Waals surface area contributed by atoms with Gasteiger partial charge >= 0.3 is 5.97 Å². The van der Waals surface area contributed by atoms with Crippen LogP contribution in [0.2, 0.25) is 0 Å². The Balaban J connectivity index is 2.22. The number of hydrogen-bond donors (Lipinski definition) is 2. The zero-order valence-electron chi connectivity index (χ0n) is 8.20. The van der Waals surface area contributed by atoms with Crippen LogP contribution >= 0.6 is 0 Å². The molecule has 1 unspecified atom stereocenters. The van der Waals surface area contributed by atoms with E-state index < -0.39 is 12.1 Å². The third kappa shape index (κ3) is 1.84. The lowest BCUT2D eigenvalue weighted by molar-refractivity contribution is -0.117. The second kappa shape index (κ2) is 3.86. The molecule has 1 aliphatic heterocycles. The molecule has 1 amide bonds. The van der Waals surface area contributed by atoms with Gasteiger partial charge in [0.1, 0.15) is 0 Å². The van der Waals surface area contributed by atoms with E-state index in [9.17, 15) is 14.7 Å². The van der Waals surface area contributed by atoms with E-state index in [-0.39, 0.29) is 30.4 Å². The molecule has 1 fully saturated rings. The Hall–Kier alpha value is -2.02. The Labute approximate surface area is 90.3 Å². The number of carboxylic acid groups (broad SMARTS) is 1. The maximum atomic E-state index is 11.4. The predicted molar refractivity (Wildman–Crippen MR) is 52.0 cm³/mol.